The SMILES string of the molecule is C/C=C(\C)C(=O)O[C@H]1C[C@@H](OC(=O)c2ccccc2)[C@@]2(C)CO[C@H]3[C@H]4O[C@@H]5C[C@@H](c6ccoc6)C(C)=C5[C@@]4(C)[C@H](CC(=O)OC)[C@]1(C)[C@@H]32. The van der Waals surface area contributed by atoms with Crippen LogP contribution < -0.4 is 0 Å². The fourth-order valence-corrected chi connectivity index (χ4v) is 10.6. The second-order valence-electron chi connectivity index (χ2n) is 15.1. The van der Waals surface area contributed by atoms with Crippen LogP contribution in [0.2, 0.25) is 0 Å². The molecule has 0 amide bonds. The van der Waals surface area contributed by atoms with Crippen LogP contribution in [0.25, 0.3) is 0 Å². The molecule has 48 heavy (non-hydrogen) atoms. The topological polar surface area (TPSA) is 111 Å². The van der Waals surface area contributed by atoms with E-state index >= 15 is 0 Å². The predicted octanol–water partition coefficient (Wildman–Crippen LogP) is 6.58. The number of methoxy groups -OCH3 is 1. The van der Waals surface area contributed by atoms with Gasteiger partial charge in [0, 0.05) is 46.5 Å². The van der Waals surface area contributed by atoms with Gasteiger partial charge in [0.15, 0.2) is 0 Å². The third-order valence-electron chi connectivity index (χ3n) is 12.9. The van der Waals surface area contributed by atoms with E-state index in [0.29, 0.717) is 17.7 Å². The molecule has 0 bridgehead atoms. The maximum Gasteiger partial charge on any atom is 0.338 e. The van der Waals surface area contributed by atoms with Crippen LogP contribution in [0.3, 0.4) is 0 Å². The number of carbonyl (C=O) groups excluding carboxylic acids is 3. The molecule has 5 aliphatic rings. The van der Waals surface area contributed by atoms with Crippen LogP contribution in [0, 0.1) is 28.1 Å². The average molecular weight is 659 g/mol. The first-order chi connectivity index (χ1) is 22.9. The molecule has 4 fully saturated rings. The molecule has 1 aromatic heterocycles. The Morgan fingerprint density at radius 3 is 2.44 bits per heavy atom. The predicted molar refractivity (Wildman–Crippen MR) is 175 cm³/mol. The summed E-state index contributed by atoms with van der Waals surface area (Å²) < 4.78 is 37.5. The fraction of sp³-hybridized carbons (Fsp3) is 0.564. The number of furan rings is 1. The van der Waals surface area contributed by atoms with Crippen molar-refractivity contribution in [3.63, 3.8) is 0 Å². The van der Waals surface area contributed by atoms with Gasteiger partial charge in [-0.3, -0.25) is 4.79 Å². The lowest BCUT2D eigenvalue weighted by molar-refractivity contribution is -0.248. The highest BCUT2D eigenvalue weighted by atomic mass is 16.6. The lowest BCUT2D eigenvalue weighted by atomic mass is 9.40. The van der Waals surface area contributed by atoms with Gasteiger partial charge in [-0.15, -0.1) is 0 Å². The molecular formula is C39H46O9. The van der Waals surface area contributed by atoms with E-state index in [2.05, 4.69) is 27.7 Å². The minimum Gasteiger partial charge on any atom is -0.472 e. The van der Waals surface area contributed by atoms with E-state index in [1.807, 2.05) is 12.1 Å². The van der Waals surface area contributed by atoms with Gasteiger partial charge in [-0.2, -0.15) is 0 Å². The normalized spacial score (nSPS) is 39.8. The molecule has 2 saturated carbocycles. The number of allylic oxidation sites excluding steroid dienone is 2. The van der Waals surface area contributed by atoms with Crippen LogP contribution in [-0.2, 0) is 33.3 Å². The molecule has 1 aromatic carbocycles. The largest absolute Gasteiger partial charge is 0.472 e. The monoisotopic (exact) mass is 658 g/mol. The molecule has 0 N–H and O–H groups in total. The lowest BCUT2D eigenvalue weighted by Crippen LogP contribution is -2.71. The van der Waals surface area contributed by atoms with Gasteiger partial charge >= 0.3 is 17.9 Å². The van der Waals surface area contributed by atoms with Crippen LogP contribution in [0.4, 0.5) is 0 Å². The first-order valence-corrected chi connectivity index (χ1v) is 17.1. The van der Waals surface area contributed by atoms with Crippen LogP contribution in [0.5, 0.6) is 0 Å². The fourth-order valence-electron chi connectivity index (χ4n) is 10.6. The van der Waals surface area contributed by atoms with Crippen molar-refractivity contribution in [1.29, 1.82) is 0 Å². The van der Waals surface area contributed by atoms with E-state index in [9.17, 15) is 14.4 Å². The Morgan fingerprint density at radius 1 is 1.02 bits per heavy atom. The Kier molecular flexibility index (Phi) is 8.02. The number of carbonyl (C=O) groups is 3. The molecule has 2 aromatic rings. The molecule has 256 valence electrons. The van der Waals surface area contributed by atoms with E-state index in [1.54, 1.807) is 56.7 Å². The molecule has 3 heterocycles. The van der Waals surface area contributed by atoms with Crippen molar-refractivity contribution >= 4 is 17.9 Å². The standard InChI is InChI=1S/C39H46O9/c1-8-21(2)35(41)48-29-18-28(47-36(42)23-12-10-9-11-13-23)37(4)20-45-32-33(37)38(29,5)27(17-30(40)43-7)39(6)31-22(3)25(24-14-15-44-19-24)16-26(31)46-34(32)39/h8-15,19,25-29,32-34H,16-18,20H2,1-7H3/b21-8+/t25-,26-,27-,28-,29+,32-,33+,34-,37-,38+,39-/m1/s1. The molecule has 0 unspecified atom stereocenters. The van der Waals surface area contributed by atoms with Crippen molar-refractivity contribution in [1.82, 2.24) is 0 Å². The molecule has 0 spiro atoms. The first kappa shape index (κ1) is 32.8. The lowest BCUT2D eigenvalue weighted by Gasteiger charge is -2.65. The Labute approximate surface area is 282 Å². The average Bonchev–Trinajstić information content (AvgIpc) is 3.86. The second kappa shape index (κ2) is 11.7. The van der Waals surface area contributed by atoms with E-state index in [4.69, 9.17) is 28.1 Å². The van der Waals surface area contributed by atoms with Gasteiger partial charge < -0.3 is 28.1 Å². The number of fused-ring (bicyclic) bond motifs is 4. The molecular weight excluding hydrogens is 612 g/mol. The van der Waals surface area contributed by atoms with Crippen LogP contribution >= 0.6 is 0 Å². The summed E-state index contributed by atoms with van der Waals surface area (Å²) in [6, 6.07) is 10.9. The molecule has 9 nitrogen and oxygen atoms in total. The van der Waals surface area contributed by atoms with Gasteiger partial charge in [0.2, 0.25) is 0 Å². The zero-order valence-corrected chi connectivity index (χ0v) is 28.8. The Morgan fingerprint density at radius 2 is 1.77 bits per heavy atom. The van der Waals surface area contributed by atoms with Gasteiger partial charge in [-0.05, 0) is 62.4 Å². The number of hydrogen-bond acceptors (Lipinski definition) is 9. The van der Waals surface area contributed by atoms with Crippen molar-refractivity contribution in [3.05, 3.63) is 82.8 Å². The van der Waals surface area contributed by atoms with Crippen molar-refractivity contribution in [2.45, 2.75) is 97.2 Å². The zero-order valence-electron chi connectivity index (χ0n) is 28.8. The van der Waals surface area contributed by atoms with Crippen molar-refractivity contribution < 1.29 is 42.5 Å². The van der Waals surface area contributed by atoms with Crippen molar-refractivity contribution in [3.8, 4) is 0 Å². The maximum atomic E-state index is 13.6. The number of ether oxygens (including phenoxy) is 5. The van der Waals surface area contributed by atoms with Gasteiger partial charge in [0.25, 0.3) is 0 Å². The van der Waals surface area contributed by atoms with Gasteiger partial charge in [0.05, 0.1) is 50.1 Å². The van der Waals surface area contributed by atoms with E-state index in [1.165, 1.54) is 18.3 Å². The van der Waals surface area contributed by atoms with E-state index in [-0.39, 0.29) is 54.9 Å². The summed E-state index contributed by atoms with van der Waals surface area (Å²) in [6.45, 7) is 12.5. The molecule has 0 radical (unpaired) electrons. The third kappa shape index (κ3) is 4.60. The summed E-state index contributed by atoms with van der Waals surface area (Å²) in [7, 11) is 1.41. The van der Waals surface area contributed by atoms with Gasteiger partial charge in [0.1, 0.15) is 12.2 Å². The molecule has 9 heteroatoms. The van der Waals surface area contributed by atoms with Crippen molar-refractivity contribution in [2.75, 3.05) is 13.7 Å². The minimum atomic E-state index is -0.784. The Hall–Kier alpha value is -3.69. The molecule has 2 aliphatic heterocycles. The quantitative estimate of drug-likeness (QED) is 0.141. The summed E-state index contributed by atoms with van der Waals surface area (Å²) in [5.41, 5.74) is 2.36. The molecule has 3 aliphatic carbocycles. The van der Waals surface area contributed by atoms with E-state index in [0.717, 1.165) is 12.0 Å². The second-order valence-corrected chi connectivity index (χ2v) is 15.1. The third-order valence-corrected chi connectivity index (χ3v) is 12.9. The van der Waals surface area contributed by atoms with Crippen molar-refractivity contribution in [2.24, 2.45) is 28.1 Å². The summed E-state index contributed by atoms with van der Waals surface area (Å²) in [4.78, 5) is 40.6. The number of rotatable bonds is 7. The zero-order chi connectivity index (χ0) is 34.2. The summed E-state index contributed by atoms with van der Waals surface area (Å²) in [5.74, 6) is -1.70. The summed E-state index contributed by atoms with van der Waals surface area (Å²) in [5, 5.41) is 0. The summed E-state index contributed by atoms with van der Waals surface area (Å²) >= 11 is 0. The van der Waals surface area contributed by atoms with Gasteiger partial charge in [-0.25, -0.2) is 9.59 Å². The highest BCUT2D eigenvalue weighted by Gasteiger charge is 2.78. The molecule has 11 atom stereocenters. The van der Waals surface area contributed by atoms with Crippen LogP contribution in [-0.4, -0.2) is 62.1 Å². The smallest absolute Gasteiger partial charge is 0.338 e. The Bertz CT molecular complexity index is 1660. The summed E-state index contributed by atoms with van der Waals surface area (Å²) in [6.07, 6.45) is 4.10. The van der Waals surface area contributed by atoms with Gasteiger partial charge in [-0.1, -0.05) is 50.6 Å². The minimum absolute atomic E-state index is 0.105. The highest BCUT2D eigenvalue weighted by Crippen LogP contribution is 2.74. The van der Waals surface area contributed by atoms with Crippen LogP contribution in [0.1, 0.15) is 82.6 Å². The Balaban J connectivity index is 1.38. The molecule has 7 rings (SSSR count). The highest BCUT2D eigenvalue weighted by molar-refractivity contribution is 5.89. The number of benzene rings is 1. The maximum absolute atomic E-state index is 13.6. The molecule has 2 saturated heterocycles. The number of esters is 3. The first-order valence-electron chi connectivity index (χ1n) is 17.1. The van der Waals surface area contributed by atoms with Crippen LogP contribution in [0.15, 0.2) is 76.1 Å². The number of hydrogen-bond donors (Lipinski definition) is 0. The van der Waals surface area contributed by atoms with E-state index < -0.39 is 40.4 Å².